The molecule has 3 nitrogen and oxygen atoms in total. The lowest BCUT2D eigenvalue weighted by atomic mass is 9.60. The van der Waals surface area contributed by atoms with Crippen molar-refractivity contribution in [1.29, 1.82) is 0 Å². The zero-order chi connectivity index (χ0) is 20.8. The van der Waals surface area contributed by atoms with Gasteiger partial charge in [0, 0.05) is 24.1 Å². The van der Waals surface area contributed by atoms with Crippen molar-refractivity contribution in [2.75, 3.05) is 13.2 Å². The smallest absolute Gasteiger partial charge is 0.257 e. The van der Waals surface area contributed by atoms with E-state index in [4.69, 9.17) is 4.74 Å². The van der Waals surface area contributed by atoms with Gasteiger partial charge in [0.1, 0.15) is 11.6 Å². The first-order chi connectivity index (χ1) is 13.7. The predicted octanol–water partition coefficient (Wildman–Crippen LogP) is 5.99. The van der Waals surface area contributed by atoms with E-state index < -0.39 is 5.82 Å². The summed E-state index contributed by atoms with van der Waals surface area (Å²) in [4.78, 5) is 14.6. The van der Waals surface area contributed by atoms with Gasteiger partial charge in [-0.15, -0.1) is 0 Å². The van der Waals surface area contributed by atoms with Gasteiger partial charge in [0.25, 0.3) is 5.91 Å². The monoisotopic (exact) mass is 401 g/mol. The Hall–Kier alpha value is -1.58. The molecule has 0 N–H and O–H groups in total. The van der Waals surface area contributed by atoms with Crippen molar-refractivity contribution < 1.29 is 13.9 Å². The summed E-state index contributed by atoms with van der Waals surface area (Å²) in [6, 6.07) is 3.29. The van der Waals surface area contributed by atoms with E-state index in [1.807, 2.05) is 13.8 Å². The molecule has 1 amide bonds. The third-order valence-corrected chi connectivity index (χ3v) is 7.59. The minimum atomic E-state index is -0.464. The average molecular weight is 402 g/mol. The summed E-state index contributed by atoms with van der Waals surface area (Å²) in [5.74, 6) is 2.40. The molecule has 3 unspecified atom stereocenters. The van der Waals surface area contributed by atoms with Crippen LogP contribution < -0.4 is 4.74 Å². The van der Waals surface area contributed by atoms with Gasteiger partial charge >= 0.3 is 0 Å². The van der Waals surface area contributed by atoms with Crippen molar-refractivity contribution >= 4 is 5.91 Å². The van der Waals surface area contributed by atoms with Crippen molar-refractivity contribution in [3.8, 4) is 5.75 Å². The number of rotatable bonds is 4. The number of nitrogens with zero attached hydrogens (tertiary/aromatic N) is 1. The maximum Gasteiger partial charge on any atom is 0.257 e. The van der Waals surface area contributed by atoms with Crippen LogP contribution in [0.15, 0.2) is 12.1 Å². The highest BCUT2D eigenvalue weighted by atomic mass is 19.1. The zero-order valence-electron chi connectivity index (χ0n) is 18.5. The van der Waals surface area contributed by atoms with Gasteiger partial charge in [-0.2, -0.15) is 0 Å². The van der Waals surface area contributed by atoms with Crippen molar-refractivity contribution in [3.63, 3.8) is 0 Å². The molecular formula is C25H36FNO2. The Morgan fingerprint density at radius 2 is 1.90 bits per heavy atom. The largest absolute Gasteiger partial charge is 0.493 e. The average Bonchev–Trinajstić information content (AvgIpc) is 3.06. The van der Waals surface area contributed by atoms with Crippen molar-refractivity contribution in [2.24, 2.45) is 23.2 Å². The quantitative estimate of drug-likeness (QED) is 0.620. The highest BCUT2D eigenvalue weighted by molar-refractivity contribution is 5.95. The predicted molar refractivity (Wildman–Crippen MR) is 114 cm³/mol. The van der Waals surface area contributed by atoms with E-state index >= 15 is 0 Å². The fourth-order valence-electron chi connectivity index (χ4n) is 6.45. The third-order valence-electron chi connectivity index (χ3n) is 7.59. The number of fused-ring (bicyclic) bond motifs is 2. The van der Waals surface area contributed by atoms with Gasteiger partial charge in [0.15, 0.2) is 0 Å². The Labute approximate surface area is 175 Å². The van der Waals surface area contributed by atoms with Gasteiger partial charge in [-0.1, -0.05) is 13.8 Å². The van der Waals surface area contributed by atoms with Crippen LogP contribution in [-0.2, 0) is 0 Å². The van der Waals surface area contributed by atoms with E-state index in [2.05, 4.69) is 13.8 Å². The first kappa shape index (κ1) is 20.7. The van der Waals surface area contributed by atoms with Crippen molar-refractivity contribution in [2.45, 2.75) is 78.7 Å². The summed E-state index contributed by atoms with van der Waals surface area (Å²) in [6.07, 6.45) is 8.45. The number of ether oxygens (including phenoxy) is 1. The Morgan fingerprint density at radius 3 is 2.52 bits per heavy atom. The molecule has 2 bridgehead atoms. The topological polar surface area (TPSA) is 29.5 Å². The summed E-state index contributed by atoms with van der Waals surface area (Å²) in [7, 11) is 0. The molecule has 3 atom stereocenters. The molecule has 1 aliphatic heterocycles. The summed E-state index contributed by atoms with van der Waals surface area (Å²) in [5, 5.41) is 0. The number of likely N-dealkylation sites (tertiary alicyclic amines) is 1. The van der Waals surface area contributed by atoms with E-state index in [0.29, 0.717) is 12.4 Å². The molecule has 3 fully saturated rings. The Kier molecular flexibility index (Phi) is 5.65. The maximum atomic E-state index is 14.8. The number of aryl methyl sites for hydroxylation is 1. The first-order valence-electron chi connectivity index (χ1n) is 11.5. The van der Waals surface area contributed by atoms with Crippen molar-refractivity contribution in [1.82, 2.24) is 4.90 Å². The van der Waals surface area contributed by atoms with Gasteiger partial charge in [0.2, 0.25) is 0 Å². The van der Waals surface area contributed by atoms with E-state index in [0.717, 1.165) is 42.7 Å². The lowest BCUT2D eigenvalue weighted by molar-refractivity contribution is 0.0144. The van der Waals surface area contributed by atoms with Crippen molar-refractivity contribution in [3.05, 3.63) is 29.1 Å². The fourth-order valence-corrected chi connectivity index (χ4v) is 6.45. The van der Waals surface area contributed by atoms with Crippen LogP contribution in [0.3, 0.4) is 0 Å². The molecule has 1 aromatic rings. The summed E-state index contributed by atoms with van der Waals surface area (Å²) in [6.45, 7) is 10.0. The SMILES string of the molecule is Cc1cc(C(=O)N2CCCC2C)c(F)cc1OCC1(C)CC2CC(C)CC(C2)C1. The van der Waals surface area contributed by atoms with Gasteiger partial charge in [0.05, 0.1) is 12.2 Å². The number of carbonyl (C=O) groups is 1. The van der Waals surface area contributed by atoms with Crippen LogP contribution in [0.25, 0.3) is 0 Å². The van der Waals surface area contributed by atoms with Crippen LogP contribution >= 0.6 is 0 Å². The molecule has 160 valence electrons. The molecule has 2 saturated carbocycles. The highest BCUT2D eigenvalue weighted by Gasteiger charge is 2.41. The molecule has 1 heterocycles. The lowest BCUT2D eigenvalue weighted by Crippen LogP contribution is -2.39. The molecule has 1 saturated heterocycles. The van der Waals surface area contributed by atoms with Gasteiger partial charge in [-0.05, 0) is 88.2 Å². The molecule has 0 spiro atoms. The van der Waals surface area contributed by atoms with E-state index in [9.17, 15) is 9.18 Å². The number of carbonyl (C=O) groups excluding carboxylic acids is 1. The number of halogens is 1. The van der Waals surface area contributed by atoms with Crippen LogP contribution in [-0.4, -0.2) is 30.0 Å². The standard InChI is InChI=1S/C25H36FNO2/c1-16-8-19-11-20(9-16)14-25(4,13-19)15-29-23-12-22(26)21(10-17(23)2)24(28)27-7-5-6-18(27)3/h10,12,16,18-20H,5-9,11,13-15H2,1-4H3. The summed E-state index contributed by atoms with van der Waals surface area (Å²) >= 11 is 0. The molecule has 3 aliphatic rings. The number of hydrogen-bond donors (Lipinski definition) is 0. The lowest BCUT2D eigenvalue weighted by Gasteiger charge is -2.47. The van der Waals surface area contributed by atoms with E-state index in [-0.39, 0.29) is 22.9 Å². The van der Waals surface area contributed by atoms with Crippen LogP contribution in [0.2, 0.25) is 0 Å². The second-order valence-corrected chi connectivity index (χ2v) is 10.6. The van der Waals surface area contributed by atoms with E-state index in [1.165, 1.54) is 38.2 Å². The zero-order valence-corrected chi connectivity index (χ0v) is 18.5. The number of amides is 1. The first-order valence-corrected chi connectivity index (χ1v) is 11.5. The molecule has 29 heavy (non-hydrogen) atoms. The molecule has 2 aliphatic carbocycles. The second-order valence-electron chi connectivity index (χ2n) is 10.6. The van der Waals surface area contributed by atoms with Gasteiger partial charge in [-0.25, -0.2) is 4.39 Å². The third kappa shape index (κ3) is 4.32. The van der Waals surface area contributed by atoms with Crippen LogP contribution in [0, 0.1) is 35.9 Å². The normalized spacial score (nSPS) is 34.3. The van der Waals surface area contributed by atoms with Gasteiger partial charge in [-0.3, -0.25) is 4.79 Å². The Morgan fingerprint density at radius 1 is 1.21 bits per heavy atom. The molecule has 0 radical (unpaired) electrons. The number of benzene rings is 1. The van der Waals surface area contributed by atoms with Crippen LogP contribution in [0.5, 0.6) is 5.75 Å². The second kappa shape index (κ2) is 7.92. The molecular weight excluding hydrogens is 365 g/mol. The maximum absolute atomic E-state index is 14.8. The van der Waals surface area contributed by atoms with Crippen LogP contribution in [0.4, 0.5) is 4.39 Å². The fraction of sp³-hybridized carbons (Fsp3) is 0.720. The summed E-state index contributed by atoms with van der Waals surface area (Å²) in [5.41, 5.74) is 1.18. The van der Waals surface area contributed by atoms with Crippen LogP contribution in [0.1, 0.15) is 81.6 Å². The molecule has 4 heteroatoms. The molecule has 4 rings (SSSR count). The Bertz CT molecular complexity index is 758. The Balaban J connectivity index is 1.44. The molecule has 0 aromatic heterocycles. The minimum absolute atomic E-state index is 0.163. The van der Waals surface area contributed by atoms with E-state index in [1.54, 1.807) is 11.0 Å². The number of hydrogen-bond acceptors (Lipinski definition) is 2. The molecule has 1 aromatic carbocycles. The minimum Gasteiger partial charge on any atom is -0.493 e. The highest BCUT2D eigenvalue weighted by Crippen LogP contribution is 2.50. The van der Waals surface area contributed by atoms with Gasteiger partial charge < -0.3 is 9.64 Å². The summed E-state index contributed by atoms with van der Waals surface area (Å²) < 4.78 is 21.0.